The van der Waals surface area contributed by atoms with Crippen molar-refractivity contribution in [2.45, 2.75) is 19.4 Å². The standard InChI is InChI=1S/C16H25N3O3/c1-16(2,21)12-18-8-10-19(11-9-18)15(20)17-13-6-4-5-7-14(13)22-3/h4-7,21H,8-12H2,1-3H3,(H,17,20). The molecule has 6 nitrogen and oxygen atoms in total. The van der Waals surface area contributed by atoms with Crippen LogP contribution < -0.4 is 10.1 Å². The Kier molecular flexibility index (Phi) is 5.26. The van der Waals surface area contributed by atoms with E-state index in [1.807, 2.05) is 24.3 Å². The van der Waals surface area contributed by atoms with Crippen LogP contribution in [0.2, 0.25) is 0 Å². The Bertz CT molecular complexity index is 506. The van der Waals surface area contributed by atoms with Crippen molar-refractivity contribution in [1.82, 2.24) is 9.80 Å². The first-order valence-electron chi connectivity index (χ1n) is 7.53. The Hall–Kier alpha value is -1.79. The van der Waals surface area contributed by atoms with Gasteiger partial charge >= 0.3 is 6.03 Å². The summed E-state index contributed by atoms with van der Waals surface area (Å²) >= 11 is 0. The van der Waals surface area contributed by atoms with Crippen LogP contribution in [0.3, 0.4) is 0 Å². The van der Waals surface area contributed by atoms with Crippen molar-refractivity contribution in [2.75, 3.05) is 45.2 Å². The van der Waals surface area contributed by atoms with Gasteiger partial charge in [0.1, 0.15) is 5.75 Å². The van der Waals surface area contributed by atoms with E-state index in [9.17, 15) is 9.90 Å². The van der Waals surface area contributed by atoms with Crippen LogP contribution in [0.15, 0.2) is 24.3 Å². The maximum Gasteiger partial charge on any atom is 0.322 e. The zero-order valence-electron chi connectivity index (χ0n) is 13.5. The number of methoxy groups -OCH3 is 1. The lowest BCUT2D eigenvalue weighted by Gasteiger charge is -2.37. The van der Waals surface area contributed by atoms with Gasteiger partial charge in [-0.05, 0) is 26.0 Å². The molecule has 2 rings (SSSR count). The minimum absolute atomic E-state index is 0.118. The largest absolute Gasteiger partial charge is 0.495 e. The van der Waals surface area contributed by atoms with Crippen molar-refractivity contribution >= 4 is 11.7 Å². The van der Waals surface area contributed by atoms with Gasteiger partial charge in [0.25, 0.3) is 0 Å². The summed E-state index contributed by atoms with van der Waals surface area (Å²) in [6, 6.07) is 7.24. The van der Waals surface area contributed by atoms with Crippen molar-refractivity contribution in [2.24, 2.45) is 0 Å². The Morgan fingerprint density at radius 3 is 2.50 bits per heavy atom. The topological polar surface area (TPSA) is 65.0 Å². The first-order chi connectivity index (χ1) is 10.4. The molecule has 6 heteroatoms. The van der Waals surface area contributed by atoms with E-state index in [1.54, 1.807) is 25.9 Å². The highest BCUT2D eigenvalue weighted by Crippen LogP contribution is 2.23. The Morgan fingerprint density at radius 1 is 1.27 bits per heavy atom. The zero-order valence-corrected chi connectivity index (χ0v) is 13.5. The molecule has 0 saturated carbocycles. The molecule has 0 unspecified atom stereocenters. The Balaban J connectivity index is 1.87. The molecule has 0 aromatic heterocycles. The van der Waals surface area contributed by atoms with Gasteiger partial charge in [-0.2, -0.15) is 0 Å². The SMILES string of the molecule is COc1ccccc1NC(=O)N1CCN(CC(C)(C)O)CC1. The molecule has 122 valence electrons. The molecule has 1 heterocycles. The van der Waals surface area contributed by atoms with E-state index in [1.165, 1.54) is 0 Å². The number of hydrogen-bond donors (Lipinski definition) is 2. The molecule has 1 aliphatic rings. The number of nitrogens with one attached hydrogen (secondary N) is 1. The Labute approximate surface area is 131 Å². The molecule has 0 atom stereocenters. The summed E-state index contributed by atoms with van der Waals surface area (Å²) in [7, 11) is 1.58. The summed E-state index contributed by atoms with van der Waals surface area (Å²) < 4.78 is 5.24. The van der Waals surface area contributed by atoms with E-state index in [-0.39, 0.29) is 6.03 Å². The van der Waals surface area contributed by atoms with Gasteiger partial charge in [-0.3, -0.25) is 4.90 Å². The molecule has 1 fully saturated rings. The van der Waals surface area contributed by atoms with Gasteiger partial charge in [-0.25, -0.2) is 4.79 Å². The molecule has 2 N–H and O–H groups in total. The van der Waals surface area contributed by atoms with Crippen LogP contribution in [0, 0.1) is 0 Å². The van der Waals surface area contributed by atoms with Gasteiger partial charge in [0.2, 0.25) is 0 Å². The van der Waals surface area contributed by atoms with Crippen LogP contribution in [-0.2, 0) is 0 Å². The normalized spacial score (nSPS) is 16.5. The summed E-state index contributed by atoms with van der Waals surface area (Å²) in [6.45, 7) is 7.05. The monoisotopic (exact) mass is 307 g/mol. The van der Waals surface area contributed by atoms with E-state index in [0.29, 0.717) is 31.1 Å². The van der Waals surface area contributed by atoms with E-state index in [0.717, 1.165) is 13.1 Å². The van der Waals surface area contributed by atoms with E-state index in [2.05, 4.69) is 10.2 Å². The summed E-state index contributed by atoms with van der Waals surface area (Å²) in [6.07, 6.45) is 0. The van der Waals surface area contributed by atoms with Crippen LogP contribution >= 0.6 is 0 Å². The fourth-order valence-electron chi connectivity index (χ4n) is 2.60. The van der Waals surface area contributed by atoms with Gasteiger partial charge in [-0.15, -0.1) is 0 Å². The highest BCUT2D eigenvalue weighted by Gasteiger charge is 2.25. The van der Waals surface area contributed by atoms with Crippen LogP contribution in [0.4, 0.5) is 10.5 Å². The molecular formula is C16H25N3O3. The van der Waals surface area contributed by atoms with Gasteiger partial charge in [0, 0.05) is 32.7 Å². The van der Waals surface area contributed by atoms with Gasteiger partial charge in [0.15, 0.2) is 0 Å². The summed E-state index contributed by atoms with van der Waals surface area (Å²) in [5.74, 6) is 0.650. The number of ether oxygens (including phenoxy) is 1. The lowest BCUT2D eigenvalue weighted by Crippen LogP contribution is -2.52. The number of carbonyl (C=O) groups is 1. The van der Waals surface area contributed by atoms with Gasteiger partial charge < -0.3 is 20.1 Å². The number of urea groups is 1. The van der Waals surface area contributed by atoms with Crippen molar-refractivity contribution in [3.05, 3.63) is 24.3 Å². The number of nitrogens with zero attached hydrogens (tertiary/aromatic N) is 2. The van der Waals surface area contributed by atoms with E-state index >= 15 is 0 Å². The molecular weight excluding hydrogens is 282 g/mol. The second-order valence-corrected chi connectivity index (χ2v) is 6.21. The highest BCUT2D eigenvalue weighted by molar-refractivity contribution is 5.91. The Morgan fingerprint density at radius 2 is 1.91 bits per heavy atom. The third kappa shape index (κ3) is 4.61. The number of anilines is 1. The van der Waals surface area contributed by atoms with Crippen molar-refractivity contribution in [1.29, 1.82) is 0 Å². The number of amides is 2. The average molecular weight is 307 g/mol. The maximum atomic E-state index is 12.3. The lowest BCUT2D eigenvalue weighted by molar-refractivity contribution is 0.0231. The number of carbonyl (C=O) groups excluding carboxylic acids is 1. The smallest absolute Gasteiger partial charge is 0.322 e. The minimum atomic E-state index is -0.707. The number of aliphatic hydroxyl groups is 1. The summed E-state index contributed by atoms with van der Waals surface area (Å²) in [5, 5.41) is 12.7. The van der Waals surface area contributed by atoms with Crippen LogP contribution in [0.25, 0.3) is 0 Å². The fourth-order valence-corrected chi connectivity index (χ4v) is 2.60. The van der Waals surface area contributed by atoms with Gasteiger partial charge in [0.05, 0.1) is 18.4 Å². The highest BCUT2D eigenvalue weighted by atomic mass is 16.5. The minimum Gasteiger partial charge on any atom is -0.495 e. The lowest BCUT2D eigenvalue weighted by atomic mass is 10.1. The molecule has 1 aliphatic heterocycles. The number of benzene rings is 1. The molecule has 1 aromatic carbocycles. The van der Waals surface area contributed by atoms with Crippen molar-refractivity contribution in [3.63, 3.8) is 0 Å². The van der Waals surface area contributed by atoms with E-state index < -0.39 is 5.60 Å². The predicted molar refractivity (Wildman–Crippen MR) is 86.3 cm³/mol. The quantitative estimate of drug-likeness (QED) is 0.887. The second kappa shape index (κ2) is 6.98. The van der Waals surface area contributed by atoms with Gasteiger partial charge in [-0.1, -0.05) is 12.1 Å². The van der Waals surface area contributed by atoms with Crippen molar-refractivity contribution < 1.29 is 14.6 Å². The van der Waals surface area contributed by atoms with Crippen molar-refractivity contribution in [3.8, 4) is 5.75 Å². The van der Waals surface area contributed by atoms with E-state index in [4.69, 9.17) is 4.74 Å². The summed E-state index contributed by atoms with van der Waals surface area (Å²) in [4.78, 5) is 16.3. The predicted octanol–water partition coefficient (Wildman–Crippen LogP) is 1.62. The third-order valence-electron chi connectivity index (χ3n) is 3.62. The molecule has 0 aliphatic carbocycles. The molecule has 2 amide bonds. The van der Waals surface area contributed by atoms with Crippen LogP contribution in [0.5, 0.6) is 5.75 Å². The number of hydrogen-bond acceptors (Lipinski definition) is 4. The fraction of sp³-hybridized carbons (Fsp3) is 0.562. The summed E-state index contributed by atoms with van der Waals surface area (Å²) in [5.41, 5.74) is -0.0316. The molecule has 0 bridgehead atoms. The maximum absolute atomic E-state index is 12.3. The molecule has 0 radical (unpaired) electrons. The second-order valence-electron chi connectivity index (χ2n) is 6.21. The van der Waals surface area contributed by atoms with Crippen LogP contribution in [-0.4, -0.2) is 66.4 Å². The first-order valence-corrected chi connectivity index (χ1v) is 7.53. The number of rotatable bonds is 4. The first kappa shape index (κ1) is 16.6. The zero-order chi connectivity index (χ0) is 16.2. The number of β-amino-alcohol motifs (C(OH)–C–C–N with tert-alkyl or cyclic N) is 1. The molecule has 1 saturated heterocycles. The number of piperazine rings is 1. The molecule has 1 aromatic rings. The molecule has 0 spiro atoms. The van der Waals surface area contributed by atoms with Crippen LogP contribution in [0.1, 0.15) is 13.8 Å². The third-order valence-corrected chi connectivity index (χ3v) is 3.62. The molecule has 22 heavy (non-hydrogen) atoms. The number of para-hydroxylation sites is 2. The average Bonchev–Trinajstić information content (AvgIpc) is 2.47.